The Hall–Kier alpha value is -0.350. The fraction of sp³-hybridized carbons (Fsp3) is 0.750. The number of hydrogen-bond acceptors (Lipinski definition) is 2. The van der Waals surface area contributed by atoms with Gasteiger partial charge < -0.3 is 0 Å². The van der Waals surface area contributed by atoms with Gasteiger partial charge in [-0.05, 0) is 19.3 Å². The average molecular weight is 187 g/mol. The molecule has 1 N–H and O–H groups in total. The monoisotopic (exact) mass is 187 g/mol. The molecule has 0 aromatic rings. The molecule has 2 aliphatic rings. The summed E-state index contributed by atoms with van der Waals surface area (Å²) < 4.78 is 25.4. The fourth-order valence-corrected chi connectivity index (χ4v) is 3.96. The smallest absolute Gasteiger partial charge is 0.214 e. The van der Waals surface area contributed by atoms with Crippen molar-refractivity contribution < 1.29 is 8.42 Å². The second-order valence-corrected chi connectivity index (χ2v) is 5.57. The molecule has 0 bridgehead atoms. The molecular formula is C8H13NO2S. The molecule has 2 fully saturated rings. The van der Waals surface area contributed by atoms with Crippen molar-refractivity contribution in [1.29, 1.82) is 0 Å². The molecule has 0 aromatic carbocycles. The summed E-state index contributed by atoms with van der Waals surface area (Å²) in [6.45, 7) is 4.49. The summed E-state index contributed by atoms with van der Waals surface area (Å²) in [5, 5.41) is -0.182. The minimum atomic E-state index is -2.99. The van der Waals surface area contributed by atoms with E-state index in [0.29, 0.717) is 6.54 Å². The number of rotatable bonds is 0. The summed E-state index contributed by atoms with van der Waals surface area (Å²) in [6.07, 6.45) is 2.78. The molecule has 1 aliphatic heterocycles. The zero-order valence-electron chi connectivity index (χ0n) is 6.91. The highest BCUT2D eigenvalue weighted by Crippen LogP contribution is 2.35. The van der Waals surface area contributed by atoms with Crippen LogP contribution in [0.3, 0.4) is 0 Å². The summed E-state index contributed by atoms with van der Waals surface area (Å²) in [5.74, 6) is 0.184. The third-order valence-corrected chi connectivity index (χ3v) is 4.79. The van der Waals surface area contributed by atoms with Crippen LogP contribution >= 0.6 is 0 Å². The Morgan fingerprint density at radius 2 is 2.25 bits per heavy atom. The maximum Gasteiger partial charge on any atom is 0.215 e. The standard InChI is InChI=1S/C8H13NO2S/c1-6-3-2-4-8-7(6)5-9-12(8,10)11/h7-9H,1-5H2. The molecule has 68 valence electrons. The zero-order chi connectivity index (χ0) is 8.77. The predicted octanol–water partition coefficient (Wildman–Crippen LogP) is 0.644. The van der Waals surface area contributed by atoms with Gasteiger partial charge in [0.2, 0.25) is 10.0 Å². The van der Waals surface area contributed by atoms with Gasteiger partial charge in [0, 0.05) is 12.5 Å². The summed E-state index contributed by atoms with van der Waals surface area (Å²) >= 11 is 0. The molecule has 2 unspecified atom stereocenters. The first-order valence-electron chi connectivity index (χ1n) is 4.27. The first kappa shape index (κ1) is 8.26. The Bertz CT molecular complexity index is 307. The van der Waals surface area contributed by atoms with Crippen molar-refractivity contribution in [3.8, 4) is 0 Å². The predicted molar refractivity (Wildman–Crippen MR) is 47.2 cm³/mol. The Kier molecular flexibility index (Phi) is 1.77. The van der Waals surface area contributed by atoms with Gasteiger partial charge in [0.1, 0.15) is 0 Å². The first-order chi connectivity index (χ1) is 5.61. The van der Waals surface area contributed by atoms with E-state index in [9.17, 15) is 8.42 Å². The molecule has 1 saturated carbocycles. The molecule has 0 aromatic heterocycles. The Morgan fingerprint density at radius 1 is 1.50 bits per heavy atom. The van der Waals surface area contributed by atoms with Gasteiger partial charge in [0.05, 0.1) is 5.25 Å². The van der Waals surface area contributed by atoms with Gasteiger partial charge in [0.25, 0.3) is 0 Å². The van der Waals surface area contributed by atoms with Crippen molar-refractivity contribution >= 4 is 10.0 Å². The van der Waals surface area contributed by atoms with Crippen molar-refractivity contribution in [1.82, 2.24) is 4.72 Å². The molecule has 0 spiro atoms. The van der Waals surface area contributed by atoms with Crippen molar-refractivity contribution in [2.75, 3.05) is 6.54 Å². The zero-order valence-corrected chi connectivity index (χ0v) is 7.73. The van der Waals surface area contributed by atoms with E-state index in [2.05, 4.69) is 11.3 Å². The quantitative estimate of drug-likeness (QED) is 0.566. The van der Waals surface area contributed by atoms with Gasteiger partial charge in [-0.2, -0.15) is 0 Å². The van der Waals surface area contributed by atoms with Crippen LogP contribution in [0.15, 0.2) is 12.2 Å². The molecule has 4 heteroatoms. The maximum absolute atomic E-state index is 11.4. The molecule has 2 rings (SSSR count). The molecule has 1 aliphatic carbocycles. The average Bonchev–Trinajstić information content (AvgIpc) is 2.30. The van der Waals surface area contributed by atoms with E-state index in [1.165, 1.54) is 0 Å². The normalized spacial score (nSPS) is 39.5. The van der Waals surface area contributed by atoms with E-state index in [1.54, 1.807) is 0 Å². The molecular weight excluding hydrogens is 174 g/mol. The van der Waals surface area contributed by atoms with Crippen LogP contribution in [-0.2, 0) is 10.0 Å². The van der Waals surface area contributed by atoms with Gasteiger partial charge in [-0.1, -0.05) is 12.2 Å². The highest BCUT2D eigenvalue weighted by Gasteiger charge is 2.42. The van der Waals surface area contributed by atoms with Gasteiger partial charge in [-0.25, -0.2) is 13.1 Å². The van der Waals surface area contributed by atoms with Gasteiger partial charge in [-0.15, -0.1) is 0 Å². The largest absolute Gasteiger partial charge is 0.215 e. The van der Waals surface area contributed by atoms with Crippen LogP contribution in [0.4, 0.5) is 0 Å². The molecule has 12 heavy (non-hydrogen) atoms. The number of fused-ring (bicyclic) bond motifs is 1. The van der Waals surface area contributed by atoms with Gasteiger partial charge in [-0.3, -0.25) is 0 Å². The van der Waals surface area contributed by atoms with E-state index in [1.807, 2.05) is 0 Å². The summed E-state index contributed by atoms with van der Waals surface area (Å²) in [5.41, 5.74) is 1.11. The van der Waals surface area contributed by atoms with E-state index < -0.39 is 10.0 Å². The molecule has 1 heterocycles. The van der Waals surface area contributed by atoms with Gasteiger partial charge in [0.15, 0.2) is 0 Å². The van der Waals surface area contributed by atoms with Crippen LogP contribution in [0.5, 0.6) is 0 Å². The lowest BCUT2D eigenvalue weighted by Gasteiger charge is -2.24. The second kappa shape index (κ2) is 2.57. The van der Waals surface area contributed by atoms with Crippen LogP contribution < -0.4 is 4.72 Å². The molecule has 1 saturated heterocycles. The minimum Gasteiger partial charge on any atom is -0.214 e. The van der Waals surface area contributed by atoms with Crippen molar-refractivity contribution in [2.24, 2.45) is 5.92 Å². The minimum absolute atomic E-state index is 0.182. The fourth-order valence-electron chi connectivity index (χ4n) is 2.14. The lowest BCUT2D eigenvalue weighted by molar-refractivity contribution is 0.479. The second-order valence-electron chi connectivity index (χ2n) is 3.59. The van der Waals surface area contributed by atoms with Crippen LogP contribution in [0.25, 0.3) is 0 Å². The van der Waals surface area contributed by atoms with E-state index >= 15 is 0 Å². The topological polar surface area (TPSA) is 46.2 Å². The number of sulfonamides is 1. The van der Waals surface area contributed by atoms with Crippen LogP contribution in [0.1, 0.15) is 19.3 Å². The van der Waals surface area contributed by atoms with E-state index in [4.69, 9.17) is 0 Å². The van der Waals surface area contributed by atoms with Crippen LogP contribution in [0.2, 0.25) is 0 Å². The summed E-state index contributed by atoms with van der Waals surface area (Å²) in [4.78, 5) is 0. The van der Waals surface area contributed by atoms with E-state index in [0.717, 1.165) is 24.8 Å². The number of hydrogen-bond donors (Lipinski definition) is 1. The van der Waals surface area contributed by atoms with Crippen molar-refractivity contribution in [3.63, 3.8) is 0 Å². The Labute approximate surface area is 72.9 Å². The SMILES string of the molecule is C=C1CCCC2C1CNS2(=O)=O. The highest BCUT2D eigenvalue weighted by molar-refractivity contribution is 7.90. The van der Waals surface area contributed by atoms with Crippen LogP contribution in [0, 0.1) is 5.92 Å². The first-order valence-corrected chi connectivity index (χ1v) is 5.82. The summed E-state index contributed by atoms with van der Waals surface area (Å²) in [7, 11) is -2.99. The highest BCUT2D eigenvalue weighted by atomic mass is 32.2. The van der Waals surface area contributed by atoms with Crippen LogP contribution in [-0.4, -0.2) is 20.2 Å². The van der Waals surface area contributed by atoms with Gasteiger partial charge >= 0.3 is 0 Å². The third-order valence-electron chi connectivity index (χ3n) is 2.86. The molecule has 2 atom stereocenters. The lowest BCUT2D eigenvalue weighted by atomic mass is 9.85. The maximum atomic E-state index is 11.4. The Balaban J connectivity index is 2.32. The third kappa shape index (κ3) is 1.10. The lowest BCUT2D eigenvalue weighted by Crippen LogP contribution is -2.28. The summed E-state index contributed by atoms with van der Waals surface area (Å²) in [6, 6.07) is 0. The van der Waals surface area contributed by atoms with Crippen molar-refractivity contribution in [3.05, 3.63) is 12.2 Å². The van der Waals surface area contributed by atoms with E-state index in [-0.39, 0.29) is 11.2 Å². The molecule has 0 amide bonds. The Morgan fingerprint density at radius 3 is 2.92 bits per heavy atom. The molecule has 3 nitrogen and oxygen atoms in total. The molecule has 0 radical (unpaired) electrons. The van der Waals surface area contributed by atoms with Crippen molar-refractivity contribution in [2.45, 2.75) is 24.5 Å². The number of nitrogens with one attached hydrogen (secondary N) is 1.